The molecule has 2 aromatic carbocycles. The lowest BCUT2D eigenvalue weighted by molar-refractivity contribution is 0.0879. The van der Waals surface area contributed by atoms with Gasteiger partial charge in [-0.15, -0.1) is 0 Å². The summed E-state index contributed by atoms with van der Waals surface area (Å²) in [6, 6.07) is 12.9. The molecular weight excluding hydrogens is 340 g/mol. The summed E-state index contributed by atoms with van der Waals surface area (Å²) >= 11 is 0. The lowest BCUT2D eigenvalue weighted by Crippen LogP contribution is -2.32. The summed E-state index contributed by atoms with van der Waals surface area (Å²) in [5.41, 5.74) is 0.857. The predicted molar refractivity (Wildman–Crippen MR) is 94.1 cm³/mol. The van der Waals surface area contributed by atoms with Crippen molar-refractivity contribution in [3.05, 3.63) is 59.7 Å². The number of para-hydroxylation sites is 1. The molecule has 0 saturated carbocycles. The van der Waals surface area contributed by atoms with Gasteiger partial charge in [0.15, 0.2) is 0 Å². The highest BCUT2D eigenvalue weighted by Gasteiger charge is 2.31. The molecule has 1 aliphatic rings. The number of unbranched alkanes of at least 4 members (excludes halogenated alkanes) is 1. The summed E-state index contributed by atoms with van der Waals surface area (Å²) in [5.74, 6) is -1.08. The Morgan fingerprint density at radius 1 is 0.960 bits per heavy atom. The van der Waals surface area contributed by atoms with Gasteiger partial charge >= 0.3 is 0 Å². The Hall–Kier alpha value is -2.67. The smallest absolute Gasteiger partial charge is 0.264 e. The fraction of sp³-hybridized carbons (Fsp3) is 0.222. The molecule has 0 radical (unpaired) electrons. The molecule has 6 nitrogen and oxygen atoms in total. The van der Waals surface area contributed by atoms with Crippen LogP contribution in [-0.4, -0.2) is 26.8 Å². The van der Waals surface area contributed by atoms with Gasteiger partial charge in [0.1, 0.15) is 0 Å². The number of carbonyl (C=O) groups is 2. The number of benzene rings is 2. The molecular formula is C18H18N2O4S. The number of nitrogens with one attached hydrogen (secondary N) is 1. The highest BCUT2D eigenvalue weighted by atomic mass is 32.2. The fourth-order valence-corrected chi connectivity index (χ4v) is 4.25. The van der Waals surface area contributed by atoms with Crippen LogP contribution in [0.25, 0.3) is 0 Å². The van der Waals surface area contributed by atoms with Crippen molar-refractivity contribution < 1.29 is 18.0 Å². The molecule has 1 N–H and O–H groups in total. The van der Waals surface area contributed by atoms with Gasteiger partial charge in [0.2, 0.25) is 0 Å². The summed E-state index contributed by atoms with van der Waals surface area (Å²) in [4.78, 5) is 23.5. The third-order valence-electron chi connectivity index (χ3n) is 4.05. The van der Waals surface area contributed by atoms with E-state index >= 15 is 0 Å². The highest BCUT2D eigenvalue weighted by molar-refractivity contribution is 7.92. The Labute approximate surface area is 146 Å². The molecule has 3 rings (SSSR count). The third kappa shape index (κ3) is 3.15. The molecule has 0 atom stereocenters. The highest BCUT2D eigenvalue weighted by Crippen LogP contribution is 2.27. The molecule has 0 aromatic heterocycles. The maximum absolute atomic E-state index is 13.1. The van der Waals surface area contributed by atoms with Crippen LogP contribution in [-0.2, 0) is 10.0 Å². The van der Waals surface area contributed by atoms with E-state index in [0.29, 0.717) is 18.7 Å². The normalized spacial score (nSPS) is 13.5. The van der Waals surface area contributed by atoms with E-state index < -0.39 is 21.8 Å². The Kier molecular flexibility index (Phi) is 4.59. The number of sulfonamides is 1. The van der Waals surface area contributed by atoms with Crippen LogP contribution in [0.15, 0.2) is 53.4 Å². The number of nitrogens with zero attached hydrogens (tertiary/aromatic N) is 1. The molecule has 0 saturated heterocycles. The number of fused-ring (bicyclic) bond motifs is 1. The van der Waals surface area contributed by atoms with Crippen molar-refractivity contribution in [2.24, 2.45) is 0 Å². The second kappa shape index (κ2) is 6.68. The lowest BCUT2D eigenvalue weighted by atomic mass is 10.1. The van der Waals surface area contributed by atoms with Crippen LogP contribution in [0.4, 0.5) is 5.69 Å². The molecule has 7 heteroatoms. The Bertz CT molecular complexity index is 923. The molecule has 1 heterocycles. The number of hydrogen-bond acceptors (Lipinski definition) is 4. The standard InChI is InChI=1S/C18H18N2O4S/c1-2-3-11-20(13-7-5-4-6-8-13)25(23,24)14-9-10-15-16(12-14)18(22)19-17(15)21/h4-10,12H,2-3,11H2,1H3,(H,19,21,22). The van der Waals surface area contributed by atoms with Crippen LogP contribution in [0.2, 0.25) is 0 Å². The van der Waals surface area contributed by atoms with Crippen molar-refractivity contribution in [1.82, 2.24) is 5.32 Å². The van der Waals surface area contributed by atoms with Crippen molar-refractivity contribution in [1.29, 1.82) is 0 Å². The number of anilines is 1. The first-order valence-corrected chi connectivity index (χ1v) is 9.46. The molecule has 0 spiro atoms. The largest absolute Gasteiger partial charge is 0.288 e. The number of carbonyl (C=O) groups excluding carboxylic acids is 2. The number of hydrogen-bond donors (Lipinski definition) is 1. The Morgan fingerprint density at radius 3 is 2.32 bits per heavy atom. The Balaban J connectivity index is 2.05. The first-order valence-electron chi connectivity index (χ1n) is 8.02. The number of amides is 2. The van der Waals surface area contributed by atoms with Crippen LogP contribution in [0.3, 0.4) is 0 Å². The minimum atomic E-state index is -3.85. The van der Waals surface area contributed by atoms with Gasteiger partial charge in [-0.3, -0.25) is 19.2 Å². The molecule has 2 aromatic rings. The zero-order chi connectivity index (χ0) is 18.0. The zero-order valence-electron chi connectivity index (χ0n) is 13.7. The SMILES string of the molecule is CCCCN(c1ccccc1)S(=O)(=O)c1ccc2c(c1)C(=O)NC2=O. The van der Waals surface area contributed by atoms with E-state index in [0.717, 1.165) is 6.42 Å². The maximum Gasteiger partial charge on any atom is 0.264 e. The van der Waals surface area contributed by atoms with E-state index in [2.05, 4.69) is 5.32 Å². The maximum atomic E-state index is 13.1. The topological polar surface area (TPSA) is 83.6 Å². The minimum absolute atomic E-state index is 0.00365. The minimum Gasteiger partial charge on any atom is -0.288 e. The van der Waals surface area contributed by atoms with Crippen molar-refractivity contribution in [3.63, 3.8) is 0 Å². The quantitative estimate of drug-likeness (QED) is 0.805. The average molecular weight is 358 g/mol. The third-order valence-corrected chi connectivity index (χ3v) is 5.88. The molecule has 0 aliphatic carbocycles. The van der Waals surface area contributed by atoms with Gasteiger partial charge in [-0.1, -0.05) is 31.5 Å². The van der Waals surface area contributed by atoms with E-state index in [1.165, 1.54) is 22.5 Å². The summed E-state index contributed by atoms with van der Waals surface area (Å²) in [7, 11) is -3.85. The molecule has 0 unspecified atom stereocenters. The summed E-state index contributed by atoms with van der Waals surface area (Å²) in [6.45, 7) is 2.33. The van der Waals surface area contributed by atoms with Crippen molar-refractivity contribution in [2.45, 2.75) is 24.7 Å². The lowest BCUT2D eigenvalue weighted by Gasteiger charge is -2.24. The van der Waals surface area contributed by atoms with Gasteiger partial charge < -0.3 is 0 Å². The average Bonchev–Trinajstić information content (AvgIpc) is 2.90. The van der Waals surface area contributed by atoms with E-state index in [9.17, 15) is 18.0 Å². The van der Waals surface area contributed by atoms with Gasteiger partial charge in [-0.25, -0.2) is 8.42 Å². The molecule has 1 aliphatic heterocycles. The van der Waals surface area contributed by atoms with Crippen LogP contribution in [0.1, 0.15) is 40.5 Å². The fourth-order valence-electron chi connectivity index (χ4n) is 2.72. The van der Waals surface area contributed by atoms with Crippen LogP contribution in [0, 0.1) is 0 Å². The summed E-state index contributed by atoms with van der Waals surface area (Å²) in [5, 5.41) is 2.17. The van der Waals surface area contributed by atoms with Crippen molar-refractivity contribution >= 4 is 27.5 Å². The second-order valence-electron chi connectivity index (χ2n) is 5.76. The predicted octanol–water partition coefficient (Wildman–Crippen LogP) is 2.57. The van der Waals surface area contributed by atoms with Crippen LogP contribution < -0.4 is 9.62 Å². The number of rotatable bonds is 6. The van der Waals surface area contributed by atoms with E-state index in [1.54, 1.807) is 24.3 Å². The zero-order valence-corrected chi connectivity index (χ0v) is 14.5. The van der Waals surface area contributed by atoms with Gasteiger partial charge in [0.05, 0.1) is 21.7 Å². The van der Waals surface area contributed by atoms with E-state index in [1.807, 2.05) is 13.0 Å². The monoisotopic (exact) mass is 358 g/mol. The van der Waals surface area contributed by atoms with Crippen LogP contribution in [0.5, 0.6) is 0 Å². The Morgan fingerprint density at radius 2 is 1.64 bits per heavy atom. The van der Waals surface area contributed by atoms with Crippen molar-refractivity contribution in [2.75, 3.05) is 10.8 Å². The van der Waals surface area contributed by atoms with Gasteiger partial charge in [-0.2, -0.15) is 0 Å². The molecule has 2 amide bonds. The molecule has 0 fully saturated rings. The van der Waals surface area contributed by atoms with E-state index in [4.69, 9.17) is 0 Å². The molecule has 0 bridgehead atoms. The molecule has 25 heavy (non-hydrogen) atoms. The van der Waals surface area contributed by atoms with Gasteiger partial charge in [0, 0.05) is 6.54 Å². The summed E-state index contributed by atoms with van der Waals surface area (Å²) in [6.07, 6.45) is 1.55. The molecule has 130 valence electrons. The summed E-state index contributed by atoms with van der Waals surface area (Å²) < 4.78 is 27.6. The van der Waals surface area contributed by atoms with Crippen molar-refractivity contribution in [3.8, 4) is 0 Å². The first kappa shape index (κ1) is 17.2. The van der Waals surface area contributed by atoms with Crippen LogP contribution >= 0.6 is 0 Å². The first-order chi connectivity index (χ1) is 11.9. The second-order valence-corrected chi connectivity index (χ2v) is 7.62. The van der Waals surface area contributed by atoms with Gasteiger partial charge in [0.25, 0.3) is 21.8 Å². The van der Waals surface area contributed by atoms with E-state index in [-0.39, 0.29) is 16.0 Å². The number of imide groups is 1. The van der Waals surface area contributed by atoms with Gasteiger partial charge in [-0.05, 0) is 36.8 Å².